The van der Waals surface area contributed by atoms with Crippen LogP contribution in [0.15, 0.2) is 18.2 Å². The van der Waals surface area contributed by atoms with Crippen LogP contribution in [-0.2, 0) is 16.0 Å². The number of benzene rings is 1. The highest BCUT2D eigenvalue weighted by Crippen LogP contribution is 2.34. The summed E-state index contributed by atoms with van der Waals surface area (Å²) < 4.78 is 16.6. The van der Waals surface area contributed by atoms with Gasteiger partial charge in [0.2, 0.25) is 12.7 Å². The number of hydrogen-bond acceptors (Lipinski definition) is 4. The van der Waals surface area contributed by atoms with E-state index in [1.54, 1.807) is 0 Å². The van der Waals surface area contributed by atoms with Gasteiger partial charge in [-0.1, -0.05) is 6.07 Å². The summed E-state index contributed by atoms with van der Waals surface area (Å²) in [5, 5.41) is 0. The van der Waals surface area contributed by atoms with Gasteiger partial charge in [0.1, 0.15) is 0 Å². The second kappa shape index (κ2) is 5.47. The van der Waals surface area contributed by atoms with E-state index in [2.05, 4.69) is 6.92 Å². The van der Waals surface area contributed by atoms with Crippen LogP contribution in [0.3, 0.4) is 0 Å². The van der Waals surface area contributed by atoms with E-state index >= 15 is 0 Å². The molecule has 118 valence electrons. The van der Waals surface area contributed by atoms with Crippen molar-refractivity contribution in [1.29, 1.82) is 0 Å². The minimum atomic E-state index is 0.192. The summed E-state index contributed by atoms with van der Waals surface area (Å²) in [4.78, 5) is 14.5. The maximum absolute atomic E-state index is 12.6. The van der Waals surface area contributed by atoms with E-state index < -0.39 is 0 Å². The van der Waals surface area contributed by atoms with E-state index in [0.717, 1.165) is 43.0 Å². The van der Waals surface area contributed by atoms with Crippen LogP contribution in [0, 0.1) is 5.92 Å². The van der Waals surface area contributed by atoms with Crippen molar-refractivity contribution < 1.29 is 19.0 Å². The minimum absolute atomic E-state index is 0.192. The highest BCUT2D eigenvalue weighted by molar-refractivity contribution is 5.79. The van der Waals surface area contributed by atoms with Gasteiger partial charge in [-0.25, -0.2) is 0 Å². The Kier molecular flexibility index (Phi) is 3.45. The predicted octanol–water partition coefficient (Wildman–Crippen LogP) is 1.98. The molecule has 1 amide bonds. The molecule has 3 aliphatic heterocycles. The Balaban J connectivity index is 1.40. The zero-order chi connectivity index (χ0) is 15.1. The Morgan fingerprint density at radius 1 is 1.32 bits per heavy atom. The monoisotopic (exact) mass is 303 g/mol. The fourth-order valence-electron chi connectivity index (χ4n) is 3.76. The smallest absolute Gasteiger partial charge is 0.231 e. The molecule has 4 rings (SSSR count). The van der Waals surface area contributed by atoms with Crippen LogP contribution in [0.4, 0.5) is 0 Å². The van der Waals surface area contributed by atoms with E-state index in [0.29, 0.717) is 24.5 Å². The molecule has 0 spiro atoms. The third-order valence-corrected chi connectivity index (χ3v) is 4.85. The third kappa shape index (κ3) is 2.54. The highest BCUT2D eigenvalue weighted by atomic mass is 16.7. The molecule has 22 heavy (non-hydrogen) atoms. The standard InChI is InChI=1S/C17H21NO4/c1-11-6-13-9-18(5-4-14(13)22-11)17(19)8-12-2-3-15-16(7-12)21-10-20-15/h2-3,7,11,13-14H,4-6,8-10H2,1H3/t11-,13-,14+/m1/s1. The second-order valence-electron chi connectivity index (χ2n) is 6.47. The van der Waals surface area contributed by atoms with Crippen LogP contribution < -0.4 is 9.47 Å². The summed E-state index contributed by atoms with van der Waals surface area (Å²) in [7, 11) is 0. The number of fused-ring (bicyclic) bond motifs is 2. The lowest BCUT2D eigenvalue weighted by molar-refractivity contribution is -0.133. The fraction of sp³-hybridized carbons (Fsp3) is 0.588. The lowest BCUT2D eigenvalue weighted by atomic mass is 9.92. The molecule has 3 atom stereocenters. The average Bonchev–Trinajstić information content (AvgIpc) is 3.10. The first-order valence-corrected chi connectivity index (χ1v) is 8.01. The van der Waals surface area contributed by atoms with Gasteiger partial charge in [0.15, 0.2) is 11.5 Å². The largest absolute Gasteiger partial charge is 0.454 e. The Morgan fingerprint density at radius 2 is 2.18 bits per heavy atom. The second-order valence-corrected chi connectivity index (χ2v) is 6.47. The van der Waals surface area contributed by atoms with Crippen LogP contribution in [0.1, 0.15) is 25.3 Å². The third-order valence-electron chi connectivity index (χ3n) is 4.85. The summed E-state index contributed by atoms with van der Waals surface area (Å²) in [6.45, 7) is 4.02. The number of nitrogens with zero attached hydrogens (tertiary/aromatic N) is 1. The molecular weight excluding hydrogens is 282 g/mol. The molecule has 5 nitrogen and oxygen atoms in total. The molecule has 1 aromatic rings. The van der Waals surface area contributed by atoms with Gasteiger partial charge in [0.05, 0.1) is 18.6 Å². The maximum Gasteiger partial charge on any atom is 0.231 e. The molecule has 0 saturated carbocycles. The Bertz CT molecular complexity index is 588. The normalized spacial score (nSPS) is 29.5. The Morgan fingerprint density at radius 3 is 3.09 bits per heavy atom. The van der Waals surface area contributed by atoms with Crippen LogP contribution in [0.2, 0.25) is 0 Å². The average molecular weight is 303 g/mol. The molecular formula is C17H21NO4. The van der Waals surface area contributed by atoms with Gasteiger partial charge < -0.3 is 19.1 Å². The number of ether oxygens (including phenoxy) is 3. The molecule has 3 heterocycles. The number of rotatable bonds is 2. The van der Waals surface area contributed by atoms with Gasteiger partial charge in [0.25, 0.3) is 0 Å². The highest BCUT2D eigenvalue weighted by Gasteiger charge is 2.38. The van der Waals surface area contributed by atoms with Crippen molar-refractivity contribution in [2.75, 3.05) is 19.9 Å². The van der Waals surface area contributed by atoms with E-state index in [-0.39, 0.29) is 12.7 Å². The summed E-state index contributed by atoms with van der Waals surface area (Å²) in [6.07, 6.45) is 3.13. The minimum Gasteiger partial charge on any atom is -0.454 e. The number of carbonyl (C=O) groups is 1. The molecule has 0 aromatic heterocycles. The van der Waals surface area contributed by atoms with E-state index in [9.17, 15) is 4.79 Å². The SMILES string of the molecule is C[C@@H]1C[C@@H]2CN(C(=O)Cc3ccc4c(c3)OCO4)CC[C@@H]2O1. The van der Waals surface area contributed by atoms with Crippen molar-refractivity contribution in [3.63, 3.8) is 0 Å². The molecule has 2 saturated heterocycles. The molecule has 0 N–H and O–H groups in total. The lowest BCUT2D eigenvalue weighted by Gasteiger charge is -2.34. The molecule has 0 aliphatic carbocycles. The van der Waals surface area contributed by atoms with Gasteiger partial charge in [-0.05, 0) is 37.5 Å². The molecule has 1 aromatic carbocycles. The number of carbonyl (C=O) groups excluding carboxylic acids is 1. The van der Waals surface area contributed by atoms with E-state index in [1.807, 2.05) is 23.1 Å². The zero-order valence-corrected chi connectivity index (χ0v) is 12.8. The van der Waals surface area contributed by atoms with Crippen molar-refractivity contribution >= 4 is 5.91 Å². The summed E-state index contributed by atoms with van der Waals surface area (Å²) in [5.41, 5.74) is 0.979. The van der Waals surface area contributed by atoms with Gasteiger partial charge >= 0.3 is 0 Å². The molecule has 0 bridgehead atoms. The van der Waals surface area contributed by atoms with Gasteiger partial charge in [-0.15, -0.1) is 0 Å². The number of piperidine rings is 1. The molecule has 5 heteroatoms. The Hall–Kier alpha value is -1.75. The van der Waals surface area contributed by atoms with Crippen molar-refractivity contribution in [3.8, 4) is 11.5 Å². The first kappa shape index (κ1) is 13.9. The van der Waals surface area contributed by atoms with Crippen molar-refractivity contribution in [3.05, 3.63) is 23.8 Å². The van der Waals surface area contributed by atoms with Crippen molar-refractivity contribution in [2.45, 2.75) is 38.4 Å². The van der Waals surface area contributed by atoms with Gasteiger partial charge in [-0.2, -0.15) is 0 Å². The summed E-state index contributed by atoms with van der Waals surface area (Å²) in [5.74, 6) is 2.19. The topological polar surface area (TPSA) is 48.0 Å². The van der Waals surface area contributed by atoms with Gasteiger partial charge in [-0.3, -0.25) is 4.79 Å². The fourth-order valence-corrected chi connectivity index (χ4v) is 3.76. The lowest BCUT2D eigenvalue weighted by Crippen LogP contribution is -2.45. The summed E-state index contributed by atoms with van der Waals surface area (Å²) in [6, 6.07) is 5.73. The van der Waals surface area contributed by atoms with E-state index in [4.69, 9.17) is 14.2 Å². The maximum atomic E-state index is 12.6. The number of amides is 1. The van der Waals surface area contributed by atoms with Crippen LogP contribution in [-0.4, -0.2) is 42.9 Å². The molecule has 3 aliphatic rings. The van der Waals surface area contributed by atoms with Crippen LogP contribution in [0.25, 0.3) is 0 Å². The van der Waals surface area contributed by atoms with Crippen molar-refractivity contribution in [1.82, 2.24) is 4.90 Å². The van der Waals surface area contributed by atoms with Gasteiger partial charge in [0, 0.05) is 19.0 Å². The molecule has 2 fully saturated rings. The van der Waals surface area contributed by atoms with E-state index in [1.165, 1.54) is 0 Å². The number of hydrogen-bond donors (Lipinski definition) is 0. The van der Waals surface area contributed by atoms with Crippen LogP contribution in [0.5, 0.6) is 11.5 Å². The van der Waals surface area contributed by atoms with Crippen LogP contribution >= 0.6 is 0 Å². The summed E-state index contributed by atoms with van der Waals surface area (Å²) >= 11 is 0. The molecule has 0 radical (unpaired) electrons. The van der Waals surface area contributed by atoms with Crippen molar-refractivity contribution in [2.24, 2.45) is 5.92 Å². The predicted molar refractivity (Wildman–Crippen MR) is 79.9 cm³/mol. The first-order chi connectivity index (χ1) is 10.7. The zero-order valence-electron chi connectivity index (χ0n) is 12.8. The Labute approximate surface area is 130 Å². The first-order valence-electron chi connectivity index (χ1n) is 8.01. The quantitative estimate of drug-likeness (QED) is 0.838. The number of likely N-dealkylation sites (tertiary alicyclic amines) is 1. The molecule has 0 unspecified atom stereocenters.